The largest absolute Gasteiger partial charge is 0.508 e. The first kappa shape index (κ1) is 16.3. The molecule has 5 heteroatoms. The van der Waals surface area contributed by atoms with E-state index < -0.39 is 0 Å². The van der Waals surface area contributed by atoms with Crippen LogP contribution in [0, 0.1) is 0 Å². The van der Waals surface area contributed by atoms with Gasteiger partial charge in [0.25, 0.3) is 0 Å². The Bertz CT molecular complexity index is 665. The molecule has 0 saturated carbocycles. The molecule has 0 unspecified atom stereocenters. The average Bonchev–Trinajstić information content (AvgIpc) is 2.63. The monoisotopic (exact) mass is 325 g/mol. The third-order valence-corrected chi connectivity index (χ3v) is 4.46. The van der Waals surface area contributed by atoms with Crippen molar-refractivity contribution in [2.24, 2.45) is 0 Å². The Labute approximate surface area is 142 Å². The Morgan fingerprint density at radius 2 is 1.62 bits per heavy atom. The van der Waals surface area contributed by atoms with Crippen molar-refractivity contribution in [2.75, 3.05) is 49.6 Å². The Kier molecular flexibility index (Phi) is 5.01. The first-order chi connectivity index (χ1) is 11.6. The summed E-state index contributed by atoms with van der Waals surface area (Å²) in [6, 6.07) is 17.0. The molecule has 0 aromatic heterocycles. The van der Waals surface area contributed by atoms with E-state index in [-0.39, 0.29) is 11.7 Å². The highest BCUT2D eigenvalue weighted by Gasteiger charge is 2.21. The third kappa shape index (κ3) is 3.86. The van der Waals surface area contributed by atoms with Gasteiger partial charge in [0.2, 0.25) is 5.91 Å². The zero-order valence-corrected chi connectivity index (χ0v) is 13.9. The molecule has 3 rings (SSSR count). The molecule has 1 aliphatic rings. The zero-order chi connectivity index (χ0) is 16.9. The zero-order valence-electron chi connectivity index (χ0n) is 13.9. The van der Waals surface area contributed by atoms with Crippen molar-refractivity contribution >= 4 is 17.3 Å². The molecule has 1 N–H and O–H groups in total. The summed E-state index contributed by atoms with van der Waals surface area (Å²) in [5.74, 6) is 0.395. The van der Waals surface area contributed by atoms with Crippen LogP contribution in [0.15, 0.2) is 54.6 Å². The van der Waals surface area contributed by atoms with Gasteiger partial charge < -0.3 is 14.9 Å². The van der Waals surface area contributed by atoms with Crippen LogP contribution in [0.2, 0.25) is 0 Å². The lowest BCUT2D eigenvalue weighted by Crippen LogP contribution is -2.49. The van der Waals surface area contributed by atoms with E-state index in [1.54, 1.807) is 17.0 Å². The van der Waals surface area contributed by atoms with Gasteiger partial charge in [0.15, 0.2) is 0 Å². The predicted molar refractivity (Wildman–Crippen MR) is 96.6 cm³/mol. The topological polar surface area (TPSA) is 47.0 Å². The quantitative estimate of drug-likeness (QED) is 0.936. The highest BCUT2D eigenvalue weighted by Crippen LogP contribution is 2.20. The fourth-order valence-electron chi connectivity index (χ4n) is 2.92. The number of carbonyl (C=O) groups is 1. The molecular weight excluding hydrogens is 302 g/mol. The summed E-state index contributed by atoms with van der Waals surface area (Å²) in [6.07, 6.45) is 0. The maximum atomic E-state index is 12.4. The van der Waals surface area contributed by atoms with E-state index in [2.05, 4.69) is 9.80 Å². The SMILES string of the molecule is CN(C(=O)CN1CCN(c2ccc(O)cc2)CC1)c1ccccc1. The molecule has 0 aliphatic carbocycles. The van der Waals surface area contributed by atoms with E-state index in [1.165, 1.54) is 0 Å². The lowest BCUT2D eigenvalue weighted by molar-refractivity contribution is -0.119. The first-order valence-electron chi connectivity index (χ1n) is 8.21. The number of hydrogen-bond acceptors (Lipinski definition) is 4. The van der Waals surface area contributed by atoms with Crippen molar-refractivity contribution < 1.29 is 9.90 Å². The highest BCUT2D eigenvalue weighted by molar-refractivity contribution is 5.94. The number of para-hydroxylation sites is 1. The maximum absolute atomic E-state index is 12.4. The smallest absolute Gasteiger partial charge is 0.240 e. The summed E-state index contributed by atoms with van der Waals surface area (Å²) in [6.45, 7) is 3.92. The minimum atomic E-state index is 0.110. The number of rotatable bonds is 4. The second-order valence-electron chi connectivity index (χ2n) is 6.07. The van der Waals surface area contributed by atoms with Gasteiger partial charge in [0.1, 0.15) is 5.75 Å². The number of amides is 1. The van der Waals surface area contributed by atoms with Crippen LogP contribution in [-0.4, -0.2) is 55.7 Å². The molecule has 1 aliphatic heterocycles. The molecule has 1 amide bonds. The summed E-state index contributed by atoms with van der Waals surface area (Å²) in [7, 11) is 1.82. The van der Waals surface area contributed by atoms with Gasteiger partial charge in [-0.1, -0.05) is 18.2 Å². The van der Waals surface area contributed by atoms with E-state index in [0.717, 1.165) is 37.6 Å². The van der Waals surface area contributed by atoms with E-state index in [4.69, 9.17) is 0 Å². The number of aromatic hydroxyl groups is 1. The second-order valence-corrected chi connectivity index (χ2v) is 6.07. The molecular formula is C19H23N3O2. The van der Waals surface area contributed by atoms with Gasteiger partial charge in [-0.25, -0.2) is 0 Å². The molecule has 0 radical (unpaired) electrons. The van der Waals surface area contributed by atoms with E-state index in [1.807, 2.05) is 49.5 Å². The van der Waals surface area contributed by atoms with Gasteiger partial charge in [-0.3, -0.25) is 9.69 Å². The summed E-state index contributed by atoms with van der Waals surface area (Å²) >= 11 is 0. The number of phenolic OH excluding ortho intramolecular Hbond substituents is 1. The number of piperazine rings is 1. The minimum Gasteiger partial charge on any atom is -0.508 e. The Morgan fingerprint density at radius 3 is 2.25 bits per heavy atom. The van der Waals surface area contributed by atoms with Crippen molar-refractivity contribution in [2.45, 2.75) is 0 Å². The van der Waals surface area contributed by atoms with Crippen LogP contribution in [-0.2, 0) is 4.79 Å². The van der Waals surface area contributed by atoms with Gasteiger partial charge in [0.05, 0.1) is 6.54 Å². The molecule has 126 valence electrons. The van der Waals surface area contributed by atoms with Crippen LogP contribution < -0.4 is 9.80 Å². The van der Waals surface area contributed by atoms with Crippen molar-refractivity contribution in [3.8, 4) is 5.75 Å². The minimum absolute atomic E-state index is 0.110. The van der Waals surface area contributed by atoms with E-state index in [0.29, 0.717) is 6.54 Å². The van der Waals surface area contributed by atoms with Crippen LogP contribution >= 0.6 is 0 Å². The number of benzene rings is 2. The van der Waals surface area contributed by atoms with Crippen LogP contribution in [0.5, 0.6) is 5.75 Å². The van der Waals surface area contributed by atoms with E-state index >= 15 is 0 Å². The third-order valence-electron chi connectivity index (χ3n) is 4.46. The van der Waals surface area contributed by atoms with Crippen molar-refractivity contribution in [1.29, 1.82) is 0 Å². The molecule has 1 heterocycles. The molecule has 5 nitrogen and oxygen atoms in total. The normalized spacial score (nSPS) is 15.3. The lowest BCUT2D eigenvalue weighted by atomic mass is 10.2. The van der Waals surface area contributed by atoms with Crippen LogP contribution in [0.1, 0.15) is 0 Å². The molecule has 1 fully saturated rings. The standard InChI is InChI=1S/C19H23N3O2/c1-20(16-5-3-2-4-6-16)19(24)15-21-11-13-22(14-12-21)17-7-9-18(23)10-8-17/h2-10,23H,11-15H2,1H3. The summed E-state index contributed by atoms with van der Waals surface area (Å²) in [4.78, 5) is 18.6. The number of anilines is 2. The van der Waals surface area contributed by atoms with Crippen molar-refractivity contribution in [1.82, 2.24) is 4.90 Å². The Balaban J connectivity index is 1.52. The summed E-state index contributed by atoms with van der Waals surface area (Å²) in [5.41, 5.74) is 2.03. The van der Waals surface area contributed by atoms with Crippen LogP contribution in [0.4, 0.5) is 11.4 Å². The molecule has 2 aromatic rings. The fourth-order valence-corrected chi connectivity index (χ4v) is 2.92. The highest BCUT2D eigenvalue weighted by atomic mass is 16.3. The molecule has 0 spiro atoms. The van der Waals surface area contributed by atoms with Gasteiger partial charge >= 0.3 is 0 Å². The van der Waals surface area contributed by atoms with E-state index in [9.17, 15) is 9.90 Å². The Morgan fingerprint density at radius 1 is 1.00 bits per heavy atom. The van der Waals surface area contributed by atoms with Crippen LogP contribution in [0.25, 0.3) is 0 Å². The molecule has 0 bridgehead atoms. The number of nitrogens with zero attached hydrogens (tertiary/aromatic N) is 3. The number of carbonyl (C=O) groups excluding carboxylic acids is 1. The predicted octanol–water partition coefficient (Wildman–Crippen LogP) is 2.18. The number of phenols is 1. The summed E-state index contributed by atoms with van der Waals surface area (Å²) in [5, 5.41) is 9.37. The van der Waals surface area contributed by atoms with Gasteiger partial charge in [-0.2, -0.15) is 0 Å². The summed E-state index contributed by atoms with van der Waals surface area (Å²) < 4.78 is 0. The van der Waals surface area contributed by atoms with Gasteiger partial charge in [-0.05, 0) is 36.4 Å². The van der Waals surface area contributed by atoms with Gasteiger partial charge in [-0.15, -0.1) is 0 Å². The maximum Gasteiger partial charge on any atom is 0.240 e. The molecule has 0 atom stereocenters. The van der Waals surface area contributed by atoms with Crippen LogP contribution in [0.3, 0.4) is 0 Å². The number of hydrogen-bond donors (Lipinski definition) is 1. The fraction of sp³-hybridized carbons (Fsp3) is 0.316. The van der Waals surface area contributed by atoms with Crippen molar-refractivity contribution in [3.63, 3.8) is 0 Å². The molecule has 1 saturated heterocycles. The average molecular weight is 325 g/mol. The second kappa shape index (κ2) is 7.36. The molecule has 2 aromatic carbocycles. The first-order valence-corrected chi connectivity index (χ1v) is 8.21. The Hall–Kier alpha value is -2.53. The van der Waals surface area contributed by atoms with Crippen molar-refractivity contribution in [3.05, 3.63) is 54.6 Å². The van der Waals surface area contributed by atoms with Gasteiger partial charge in [0, 0.05) is 44.6 Å². The lowest BCUT2D eigenvalue weighted by Gasteiger charge is -2.36. The molecule has 24 heavy (non-hydrogen) atoms. The number of likely N-dealkylation sites (N-methyl/N-ethyl adjacent to an activating group) is 1.